The molecule has 1 fully saturated rings. The van der Waals surface area contributed by atoms with Crippen LogP contribution in [0.2, 0.25) is 0 Å². The first-order chi connectivity index (χ1) is 8.58. The maximum absolute atomic E-state index is 11.6. The fourth-order valence-corrected chi connectivity index (χ4v) is 2.11. The topological polar surface area (TPSA) is 131 Å². The van der Waals surface area contributed by atoms with Gasteiger partial charge in [-0.15, -0.1) is 0 Å². The fourth-order valence-electron chi connectivity index (χ4n) is 2.11. The predicted octanol–water partition coefficient (Wildman–Crippen LogP) is -2.64. The van der Waals surface area contributed by atoms with E-state index in [1.807, 2.05) is 0 Å². The second-order valence-electron chi connectivity index (χ2n) is 4.16. The smallest absolute Gasteiger partial charge is 0.330 e. The zero-order valence-electron chi connectivity index (χ0n) is 9.52. The van der Waals surface area contributed by atoms with Crippen LogP contribution in [0.4, 0.5) is 0 Å². The van der Waals surface area contributed by atoms with Crippen LogP contribution in [0.1, 0.15) is 6.23 Å². The van der Waals surface area contributed by atoms with Gasteiger partial charge in [-0.05, 0) is 0 Å². The van der Waals surface area contributed by atoms with E-state index < -0.39 is 35.6 Å². The Morgan fingerprint density at radius 1 is 1.50 bits per heavy atom. The van der Waals surface area contributed by atoms with Crippen molar-refractivity contribution in [3.8, 4) is 0 Å². The molecule has 8 heteroatoms. The standard InChI is InChI=1S/C10H15N3O5/c11-3-5-8(16)6(4-14)18-9(5)13-2-1-7(15)12-10(13)17/h1-2,5-6,8-9,14,16H,3-4,11H2,(H,12,15,17)/t5?,6-,8+,9-/m1/s1. The first kappa shape index (κ1) is 13.0. The van der Waals surface area contributed by atoms with Gasteiger partial charge in [0.05, 0.1) is 12.7 Å². The van der Waals surface area contributed by atoms with Crippen LogP contribution in [0.5, 0.6) is 0 Å². The number of nitrogens with two attached hydrogens (primary N) is 1. The fraction of sp³-hybridized carbons (Fsp3) is 0.600. The number of aromatic amines is 1. The molecule has 2 heterocycles. The van der Waals surface area contributed by atoms with Crippen LogP contribution < -0.4 is 17.0 Å². The summed E-state index contributed by atoms with van der Waals surface area (Å²) in [5.41, 5.74) is 4.38. The zero-order valence-corrected chi connectivity index (χ0v) is 9.52. The van der Waals surface area contributed by atoms with E-state index >= 15 is 0 Å². The number of hydrogen-bond acceptors (Lipinski definition) is 6. The first-order valence-electron chi connectivity index (χ1n) is 5.54. The van der Waals surface area contributed by atoms with Crippen molar-refractivity contribution >= 4 is 0 Å². The number of aliphatic hydroxyl groups is 2. The van der Waals surface area contributed by atoms with Gasteiger partial charge in [-0.3, -0.25) is 14.3 Å². The molecule has 1 aliphatic heterocycles. The van der Waals surface area contributed by atoms with Crippen LogP contribution >= 0.6 is 0 Å². The van der Waals surface area contributed by atoms with Crippen molar-refractivity contribution < 1.29 is 14.9 Å². The molecule has 8 nitrogen and oxygen atoms in total. The summed E-state index contributed by atoms with van der Waals surface area (Å²) in [5, 5.41) is 18.9. The number of nitrogens with one attached hydrogen (secondary N) is 1. The van der Waals surface area contributed by atoms with Gasteiger partial charge < -0.3 is 20.7 Å². The second kappa shape index (κ2) is 5.02. The van der Waals surface area contributed by atoms with Crippen molar-refractivity contribution in [2.45, 2.75) is 18.4 Å². The van der Waals surface area contributed by atoms with E-state index in [9.17, 15) is 14.7 Å². The SMILES string of the molecule is NCC1[C@H](n2ccc(=O)[nH]c2=O)O[C@H](CO)[C@H]1O. The Morgan fingerprint density at radius 2 is 2.22 bits per heavy atom. The van der Waals surface area contributed by atoms with E-state index in [2.05, 4.69) is 4.98 Å². The molecule has 0 aliphatic carbocycles. The Balaban J connectivity index is 2.38. The lowest BCUT2D eigenvalue weighted by atomic mass is 10.00. The van der Waals surface area contributed by atoms with Crippen LogP contribution in [0.3, 0.4) is 0 Å². The second-order valence-corrected chi connectivity index (χ2v) is 4.16. The maximum atomic E-state index is 11.6. The predicted molar refractivity (Wildman–Crippen MR) is 60.9 cm³/mol. The van der Waals surface area contributed by atoms with Gasteiger partial charge in [-0.1, -0.05) is 0 Å². The molecule has 1 aromatic rings. The summed E-state index contributed by atoms with van der Waals surface area (Å²) in [7, 11) is 0. The molecule has 2 rings (SSSR count). The summed E-state index contributed by atoms with van der Waals surface area (Å²) >= 11 is 0. The van der Waals surface area contributed by atoms with E-state index in [1.165, 1.54) is 12.3 Å². The molecule has 0 amide bonds. The summed E-state index contributed by atoms with van der Waals surface area (Å²) < 4.78 is 6.54. The number of H-pyrrole nitrogens is 1. The van der Waals surface area contributed by atoms with Gasteiger partial charge >= 0.3 is 5.69 Å². The van der Waals surface area contributed by atoms with Crippen molar-refractivity contribution in [2.24, 2.45) is 11.7 Å². The summed E-state index contributed by atoms with van der Waals surface area (Å²) in [6.45, 7) is -0.278. The molecule has 0 bridgehead atoms. The summed E-state index contributed by atoms with van der Waals surface area (Å²) in [5.74, 6) is -0.522. The molecule has 4 atom stereocenters. The van der Waals surface area contributed by atoms with Crippen LogP contribution in [0, 0.1) is 5.92 Å². The van der Waals surface area contributed by atoms with Crippen LogP contribution in [-0.2, 0) is 4.74 Å². The van der Waals surface area contributed by atoms with Gasteiger partial charge in [-0.2, -0.15) is 0 Å². The third-order valence-electron chi connectivity index (χ3n) is 3.08. The molecule has 0 radical (unpaired) electrons. The van der Waals surface area contributed by atoms with Crippen LogP contribution in [0.15, 0.2) is 21.9 Å². The number of aromatic nitrogens is 2. The largest absolute Gasteiger partial charge is 0.394 e. The Morgan fingerprint density at radius 3 is 2.78 bits per heavy atom. The molecule has 1 aromatic heterocycles. The molecule has 1 aliphatic rings. The lowest BCUT2D eigenvalue weighted by Crippen LogP contribution is -2.37. The van der Waals surface area contributed by atoms with Crippen molar-refractivity contribution in [1.82, 2.24) is 9.55 Å². The number of ether oxygens (including phenoxy) is 1. The maximum Gasteiger partial charge on any atom is 0.330 e. The van der Waals surface area contributed by atoms with Gasteiger partial charge in [0.1, 0.15) is 12.3 Å². The molecular weight excluding hydrogens is 242 g/mol. The summed E-state index contributed by atoms with van der Waals surface area (Å²) in [6, 6.07) is 1.18. The minimum absolute atomic E-state index is 0.0912. The lowest BCUT2D eigenvalue weighted by molar-refractivity contribution is -0.0479. The van der Waals surface area contributed by atoms with E-state index in [0.717, 1.165) is 4.57 Å². The first-order valence-corrected chi connectivity index (χ1v) is 5.54. The molecule has 0 aromatic carbocycles. The number of aliphatic hydroxyl groups excluding tert-OH is 2. The quantitative estimate of drug-likeness (QED) is 0.468. The summed E-state index contributed by atoms with van der Waals surface area (Å²) in [4.78, 5) is 24.7. The molecule has 100 valence electrons. The average Bonchev–Trinajstić information content (AvgIpc) is 2.65. The monoisotopic (exact) mass is 257 g/mol. The van der Waals surface area contributed by atoms with E-state index in [4.69, 9.17) is 15.6 Å². The van der Waals surface area contributed by atoms with Crippen molar-refractivity contribution in [2.75, 3.05) is 13.2 Å². The highest BCUT2D eigenvalue weighted by Crippen LogP contribution is 2.32. The normalized spacial score (nSPS) is 31.7. The minimum Gasteiger partial charge on any atom is -0.394 e. The molecule has 1 saturated heterocycles. The lowest BCUT2D eigenvalue weighted by Gasteiger charge is -2.19. The van der Waals surface area contributed by atoms with Gasteiger partial charge in [0.25, 0.3) is 5.56 Å². The van der Waals surface area contributed by atoms with Gasteiger partial charge in [-0.25, -0.2) is 4.79 Å². The minimum atomic E-state index is -0.955. The highest BCUT2D eigenvalue weighted by atomic mass is 16.5. The van der Waals surface area contributed by atoms with Crippen molar-refractivity contribution in [3.63, 3.8) is 0 Å². The van der Waals surface area contributed by atoms with E-state index in [-0.39, 0.29) is 13.2 Å². The van der Waals surface area contributed by atoms with Crippen molar-refractivity contribution in [3.05, 3.63) is 33.1 Å². The highest BCUT2D eigenvalue weighted by Gasteiger charge is 2.43. The number of nitrogens with zero attached hydrogens (tertiary/aromatic N) is 1. The van der Waals surface area contributed by atoms with Crippen LogP contribution in [-0.4, -0.2) is 45.1 Å². The Hall–Kier alpha value is -1.48. The third kappa shape index (κ3) is 2.10. The Labute approximate surface area is 102 Å². The van der Waals surface area contributed by atoms with Crippen molar-refractivity contribution in [1.29, 1.82) is 0 Å². The molecule has 0 saturated carbocycles. The molecule has 0 spiro atoms. The summed E-state index contributed by atoms with van der Waals surface area (Å²) in [6.07, 6.45) is -1.27. The average molecular weight is 257 g/mol. The van der Waals surface area contributed by atoms with Crippen LogP contribution in [0.25, 0.3) is 0 Å². The van der Waals surface area contributed by atoms with Gasteiger partial charge in [0.2, 0.25) is 0 Å². The Kier molecular flexibility index (Phi) is 3.62. The highest BCUT2D eigenvalue weighted by molar-refractivity contribution is 4.93. The van der Waals surface area contributed by atoms with E-state index in [1.54, 1.807) is 0 Å². The molecule has 1 unspecified atom stereocenters. The number of hydrogen-bond donors (Lipinski definition) is 4. The van der Waals surface area contributed by atoms with Gasteiger partial charge in [0.15, 0.2) is 0 Å². The van der Waals surface area contributed by atoms with E-state index in [0.29, 0.717) is 0 Å². The number of rotatable bonds is 3. The molecular formula is C10H15N3O5. The molecule has 5 N–H and O–H groups in total. The molecule has 18 heavy (non-hydrogen) atoms. The Bertz CT molecular complexity index is 525. The third-order valence-corrected chi connectivity index (χ3v) is 3.08. The van der Waals surface area contributed by atoms with Gasteiger partial charge in [0, 0.05) is 24.7 Å². The zero-order chi connectivity index (χ0) is 13.3.